The number of aromatic nitrogens is 2. The van der Waals surface area contributed by atoms with Crippen LogP contribution in [0.25, 0.3) is 10.9 Å². The lowest BCUT2D eigenvalue weighted by Gasteiger charge is -2.12. The molecule has 21 heavy (non-hydrogen) atoms. The van der Waals surface area contributed by atoms with Crippen molar-refractivity contribution in [2.24, 2.45) is 12.8 Å². The predicted molar refractivity (Wildman–Crippen MR) is 82.8 cm³/mol. The molecule has 2 N–H and O–H groups in total. The maximum atomic E-state index is 13.9. The van der Waals surface area contributed by atoms with Gasteiger partial charge in [0.1, 0.15) is 5.82 Å². The largest absolute Gasteiger partial charge is 0.324 e. The van der Waals surface area contributed by atoms with Gasteiger partial charge in [-0.1, -0.05) is 29.8 Å². The fraction of sp³-hybridized carbons (Fsp3) is 0.188. The van der Waals surface area contributed by atoms with Crippen LogP contribution in [0.3, 0.4) is 0 Å². The minimum Gasteiger partial charge on any atom is -0.324 e. The molecule has 1 heterocycles. The zero-order valence-electron chi connectivity index (χ0n) is 11.6. The summed E-state index contributed by atoms with van der Waals surface area (Å²) in [5.74, 6) is -0.341. The van der Waals surface area contributed by atoms with Crippen molar-refractivity contribution in [1.29, 1.82) is 0 Å². The van der Waals surface area contributed by atoms with Gasteiger partial charge in [-0.3, -0.25) is 4.68 Å². The average molecular weight is 304 g/mol. The number of halogens is 2. The molecule has 0 aliphatic heterocycles. The van der Waals surface area contributed by atoms with Crippen molar-refractivity contribution in [2.45, 2.75) is 12.5 Å². The van der Waals surface area contributed by atoms with Gasteiger partial charge in [0, 0.05) is 35.5 Å². The van der Waals surface area contributed by atoms with Crippen LogP contribution in [0.15, 0.2) is 42.5 Å². The van der Waals surface area contributed by atoms with E-state index in [0.717, 1.165) is 16.6 Å². The molecule has 0 bridgehead atoms. The van der Waals surface area contributed by atoms with E-state index >= 15 is 0 Å². The van der Waals surface area contributed by atoms with Gasteiger partial charge < -0.3 is 5.73 Å². The monoisotopic (exact) mass is 303 g/mol. The van der Waals surface area contributed by atoms with Crippen LogP contribution in [0.2, 0.25) is 5.02 Å². The molecule has 3 nitrogen and oxygen atoms in total. The predicted octanol–water partition coefficient (Wildman–Crippen LogP) is 3.61. The molecule has 1 unspecified atom stereocenters. The van der Waals surface area contributed by atoms with Gasteiger partial charge in [-0.15, -0.1) is 0 Å². The standard InChI is InChI=1S/C16H15ClFN3/c1-21-16-5-3-2-4-11(16)15(20-21)9-14(19)12-8-10(17)6-7-13(12)18/h2-8,14H,9,19H2,1H3. The van der Waals surface area contributed by atoms with Crippen molar-refractivity contribution in [1.82, 2.24) is 9.78 Å². The van der Waals surface area contributed by atoms with E-state index in [1.54, 1.807) is 6.07 Å². The number of aryl methyl sites for hydroxylation is 1. The van der Waals surface area contributed by atoms with Gasteiger partial charge in [-0.25, -0.2) is 4.39 Å². The molecule has 3 rings (SSSR count). The topological polar surface area (TPSA) is 43.8 Å². The molecule has 2 aromatic carbocycles. The maximum absolute atomic E-state index is 13.9. The molecule has 0 saturated heterocycles. The van der Waals surface area contributed by atoms with Gasteiger partial charge in [0.15, 0.2) is 0 Å². The van der Waals surface area contributed by atoms with Crippen molar-refractivity contribution in [3.63, 3.8) is 0 Å². The van der Waals surface area contributed by atoms with Crippen LogP contribution in [0.4, 0.5) is 4.39 Å². The van der Waals surface area contributed by atoms with Crippen LogP contribution in [-0.2, 0) is 13.5 Å². The van der Waals surface area contributed by atoms with Crippen LogP contribution >= 0.6 is 11.6 Å². The van der Waals surface area contributed by atoms with E-state index in [4.69, 9.17) is 17.3 Å². The summed E-state index contributed by atoms with van der Waals surface area (Å²) in [6, 6.07) is 11.9. The Labute approximate surface area is 127 Å². The van der Waals surface area contributed by atoms with Gasteiger partial charge in [0.05, 0.1) is 11.2 Å². The van der Waals surface area contributed by atoms with E-state index in [9.17, 15) is 4.39 Å². The summed E-state index contributed by atoms with van der Waals surface area (Å²) in [7, 11) is 1.89. The molecule has 1 aromatic heterocycles. The molecule has 5 heteroatoms. The Hall–Kier alpha value is -1.91. The van der Waals surface area contributed by atoms with Crippen LogP contribution in [0.5, 0.6) is 0 Å². The SMILES string of the molecule is Cn1nc(CC(N)c2cc(Cl)ccc2F)c2ccccc21. The van der Waals surface area contributed by atoms with Crippen molar-refractivity contribution in [3.8, 4) is 0 Å². The highest BCUT2D eigenvalue weighted by Gasteiger charge is 2.16. The number of hydrogen-bond donors (Lipinski definition) is 1. The Morgan fingerprint density at radius 1 is 1.29 bits per heavy atom. The minimum atomic E-state index is -0.484. The number of hydrogen-bond acceptors (Lipinski definition) is 2. The van der Waals surface area contributed by atoms with Gasteiger partial charge in [-0.2, -0.15) is 5.10 Å². The lowest BCUT2D eigenvalue weighted by molar-refractivity contribution is 0.576. The third-order valence-electron chi connectivity index (χ3n) is 3.61. The van der Waals surface area contributed by atoms with Gasteiger partial charge in [0.25, 0.3) is 0 Å². The van der Waals surface area contributed by atoms with E-state index in [1.165, 1.54) is 12.1 Å². The number of rotatable bonds is 3. The lowest BCUT2D eigenvalue weighted by Crippen LogP contribution is -2.15. The number of benzene rings is 2. The van der Waals surface area contributed by atoms with E-state index in [-0.39, 0.29) is 5.82 Å². The highest BCUT2D eigenvalue weighted by molar-refractivity contribution is 6.30. The van der Waals surface area contributed by atoms with E-state index in [0.29, 0.717) is 17.0 Å². The summed E-state index contributed by atoms with van der Waals surface area (Å²) in [6.07, 6.45) is 0.457. The molecular weight excluding hydrogens is 289 g/mol. The van der Waals surface area contributed by atoms with E-state index < -0.39 is 6.04 Å². The smallest absolute Gasteiger partial charge is 0.128 e. The second kappa shape index (κ2) is 5.47. The summed E-state index contributed by atoms with van der Waals surface area (Å²) >= 11 is 5.92. The van der Waals surface area contributed by atoms with Crippen molar-refractivity contribution >= 4 is 22.5 Å². The Morgan fingerprint density at radius 2 is 2.05 bits per heavy atom. The van der Waals surface area contributed by atoms with E-state index in [1.807, 2.05) is 36.0 Å². The molecule has 0 aliphatic carbocycles. The van der Waals surface area contributed by atoms with Crippen LogP contribution in [0.1, 0.15) is 17.3 Å². The summed E-state index contributed by atoms with van der Waals surface area (Å²) in [4.78, 5) is 0. The molecule has 108 valence electrons. The highest BCUT2D eigenvalue weighted by atomic mass is 35.5. The second-order valence-electron chi connectivity index (χ2n) is 5.06. The molecule has 0 aliphatic rings. The quantitative estimate of drug-likeness (QED) is 0.803. The Bertz CT molecular complexity index is 797. The number of fused-ring (bicyclic) bond motifs is 1. The summed E-state index contributed by atoms with van der Waals surface area (Å²) < 4.78 is 15.7. The maximum Gasteiger partial charge on any atom is 0.128 e. The fourth-order valence-corrected chi connectivity index (χ4v) is 2.74. The summed E-state index contributed by atoms with van der Waals surface area (Å²) in [6.45, 7) is 0. The van der Waals surface area contributed by atoms with Crippen molar-refractivity contribution in [3.05, 3.63) is 64.6 Å². The van der Waals surface area contributed by atoms with E-state index in [2.05, 4.69) is 5.10 Å². The number of nitrogens with two attached hydrogens (primary N) is 1. The molecule has 0 saturated carbocycles. The first kappa shape index (κ1) is 14.0. The summed E-state index contributed by atoms with van der Waals surface area (Å²) in [5, 5.41) is 6.01. The Balaban J connectivity index is 1.96. The first-order valence-electron chi connectivity index (χ1n) is 6.67. The molecule has 0 radical (unpaired) electrons. The molecule has 0 fully saturated rings. The van der Waals surface area contributed by atoms with Crippen molar-refractivity contribution < 1.29 is 4.39 Å². The fourth-order valence-electron chi connectivity index (χ4n) is 2.56. The molecule has 1 atom stereocenters. The van der Waals surface area contributed by atoms with Crippen molar-refractivity contribution in [2.75, 3.05) is 0 Å². The van der Waals surface area contributed by atoms with Crippen LogP contribution < -0.4 is 5.73 Å². The Kier molecular flexibility index (Phi) is 3.66. The zero-order chi connectivity index (χ0) is 15.0. The lowest BCUT2D eigenvalue weighted by atomic mass is 10.0. The molecule has 0 amide bonds. The zero-order valence-corrected chi connectivity index (χ0v) is 12.3. The van der Waals surface area contributed by atoms with Gasteiger partial charge in [-0.05, 0) is 24.3 Å². The Morgan fingerprint density at radius 3 is 2.86 bits per heavy atom. The van der Waals surface area contributed by atoms with Gasteiger partial charge in [0.2, 0.25) is 0 Å². The number of nitrogens with zero attached hydrogens (tertiary/aromatic N) is 2. The number of para-hydroxylation sites is 1. The first-order valence-corrected chi connectivity index (χ1v) is 7.05. The normalized spacial score (nSPS) is 12.8. The highest BCUT2D eigenvalue weighted by Crippen LogP contribution is 2.25. The third kappa shape index (κ3) is 2.64. The minimum absolute atomic E-state index is 0.341. The molecule has 0 spiro atoms. The average Bonchev–Trinajstić information content (AvgIpc) is 2.78. The van der Waals surface area contributed by atoms with Gasteiger partial charge >= 0.3 is 0 Å². The first-order chi connectivity index (χ1) is 10.1. The second-order valence-corrected chi connectivity index (χ2v) is 5.50. The molecule has 3 aromatic rings. The third-order valence-corrected chi connectivity index (χ3v) is 3.84. The van der Waals surface area contributed by atoms with Crippen LogP contribution in [0, 0.1) is 5.82 Å². The molecular formula is C16H15ClFN3. The van der Waals surface area contributed by atoms with Crippen LogP contribution in [-0.4, -0.2) is 9.78 Å². The summed E-state index contributed by atoms with van der Waals surface area (Å²) in [5.41, 5.74) is 8.46.